The summed E-state index contributed by atoms with van der Waals surface area (Å²) in [6, 6.07) is 3.79. The molecule has 19 heavy (non-hydrogen) atoms. The van der Waals surface area contributed by atoms with Crippen LogP contribution < -0.4 is 0 Å². The zero-order chi connectivity index (χ0) is 13.1. The molecule has 0 bridgehead atoms. The van der Waals surface area contributed by atoms with E-state index in [2.05, 4.69) is 27.1 Å². The van der Waals surface area contributed by atoms with Gasteiger partial charge in [-0.25, -0.2) is 0 Å². The van der Waals surface area contributed by atoms with Crippen molar-refractivity contribution in [1.82, 2.24) is 20.0 Å². The largest absolute Gasteiger partial charge is 0.339 e. The minimum Gasteiger partial charge on any atom is -0.339 e. The third kappa shape index (κ3) is 2.98. The molecule has 1 fully saturated rings. The lowest BCUT2D eigenvalue weighted by atomic mass is 9.94. The maximum absolute atomic E-state index is 5.35. The maximum atomic E-state index is 5.35. The smallest absolute Gasteiger partial charge is 0.227 e. The summed E-state index contributed by atoms with van der Waals surface area (Å²) in [4.78, 5) is 10.8. The molecule has 5 heteroatoms. The first-order chi connectivity index (χ1) is 9.31. The van der Waals surface area contributed by atoms with Gasteiger partial charge in [0, 0.05) is 24.4 Å². The summed E-state index contributed by atoms with van der Waals surface area (Å²) in [6.45, 7) is 2.33. The topological polar surface area (TPSA) is 55.1 Å². The van der Waals surface area contributed by atoms with Crippen molar-refractivity contribution in [3.8, 4) is 11.4 Å². The van der Waals surface area contributed by atoms with E-state index in [1.54, 1.807) is 12.4 Å². The van der Waals surface area contributed by atoms with Crippen LogP contribution >= 0.6 is 0 Å². The average Bonchev–Trinajstić information content (AvgIpc) is 2.91. The quantitative estimate of drug-likeness (QED) is 0.843. The molecular formula is C14H18N4O. The minimum absolute atomic E-state index is 0.658. The van der Waals surface area contributed by atoms with E-state index >= 15 is 0 Å². The van der Waals surface area contributed by atoms with Gasteiger partial charge in [-0.3, -0.25) is 4.98 Å². The van der Waals surface area contributed by atoms with Crippen LogP contribution in [0.25, 0.3) is 11.4 Å². The molecule has 3 heterocycles. The van der Waals surface area contributed by atoms with Gasteiger partial charge in [-0.15, -0.1) is 0 Å². The van der Waals surface area contributed by atoms with E-state index in [0.717, 1.165) is 31.0 Å². The van der Waals surface area contributed by atoms with E-state index in [9.17, 15) is 0 Å². The highest BCUT2D eigenvalue weighted by atomic mass is 16.5. The van der Waals surface area contributed by atoms with Crippen molar-refractivity contribution in [2.24, 2.45) is 5.92 Å². The van der Waals surface area contributed by atoms with Crippen LogP contribution in [0, 0.1) is 5.92 Å². The van der Waals surface area contributed by atoms with Crippen molar-refractivity contribution in [1.29, 1.82) is 0 Å². The Morgan fingerprint density at radius 3 is 2.74 bits per heavy atom. The van der Waals surface area contributed by atoms with E-state index in [-0.39, 0.29) is 0 Å². The number of hydrogen-bond donors (Lipinski definition) is 0. The van der Waals surface area contributed by atoms with E-state index in [1.807, 2.05) is 12.1 Å². The Kier molecular flexibility index (Phi) is 3.55. The summed E-state index contributed by atoms with van der Waals surface area (Å²) in [5, 5.41) is 4.04. The van der Waals surface area contributed by atoms with Crippen molar-refractivity contribution >= 4 is 0 Å². The molecule has 0 spiro atoms. The zero-order valence-corrected chi connectivity index (χ0v) is 11.1. The first-order valence-corrected chi connectivity index (χ1v) is 6.73. The van der Waals surface area contributed by atoms with Crippen molar-refractivity contribution in [2.75, 3.05) is 20.1 Å². The number of likely N-dealkylation sites (tertiary alicyclic amines) is 1. The van der Waals surface area contributed by atoms with Gasteiger partial charge in [-0.2, -0.15) is 4.98 Å². The van der Waals surface area contributed by atoms with Gasteiger partial charge in [0.05, 0.1) is 0 Å². The van der Waals surface area contributed by atoms with Gasteiger partial charge in [0.15, 0.2) is 0 Å². The number of piperidine rings is 1. The van der Waals surface area contributed by atoms with Crippen LogP contribution in [0.3, 0.4) is 0 Å². The molecule has 0 unspecified atom stereocenters. The molecule has 0 radical (unpaired) electrons. The summed E-state index contributed by atoms with van der Waals surface area (Å²) in [5.74, 6) is 2.08. The molecule has 1 aliphatic rings. The van der Waals surface area contributed by atoms with Gasteiger partial charge in [0.1, 0.15) is 0 Å². The van der Waals surface area contributed by atoms with Crippen LogP contribution in [0.4, 0.5) is 0 Å². The fraction of sp³-hybridized carbons (Fsp3) is 0.500. The van der Waals surface area contributed by atoms with Crippen LogP contribution in [0.1, 0.15) is 18.7 Å². The van der Waals surface area contributed by atoms with Gasteiger partial charge < -0.3 is 9.42 Å². The SMILES string of the molecule is CN1CCC(Cc2nc(-c3ccncc3)no2)CC1. The second kappa shape index (κ2) is 5.48. The van der Waals surface area contributed by atoms with Crippen LogP contribution in [0.2, 0.25) is 0 Å². The van der Waals surface area contributed by atoms with Crippen LogP contribution in [-0.4, -0.2) is 40.2 Å². The molecule has 0 atom stereocenters. The van der Waals surface area contributed by atoms with Crippen LogP contribution in [0.5, 0.6) is 0 Å². The first kappa shape index (κ1) is 12.3. The fourth-order valence-electron chi connectivity index (χ4n) is 2.47. The zero-order valence-electron chi connectivity index (χ0n) is 11.1. The minimum atomic E-state index is 0.658. The molecule has 0 saturated carbocycles. The number of nitrogens with zero attached hydrogens (tertiary/aromatic N) is 4. The maximum Gasteiger partial charge on any atom is 0.227 e. The lowest BCUT2D eigenvalue weighted by molar-refractivity contribution is 0.208. The monoisotopic (exact) mass is 258 g/mol. The van der Waals surface area contributed by atoms with E-state index in [1.165, 1.54) is 12.8 Å². The normalized spacial score (nSPS) is 17.7. The second-order valence-electron chi connectivity index (χ2n) is 5.20. The van der Waals surface area contributed by atoms with Crippen LogP contribution in [0.15, 0.2) is 29.0 Å². The third-order valence-electron chi connectivity index (χ3n) is 3.71. The molecular weight excluding hydrogens is 240 g/mol. The molecule has 1 aliphatic heterocycles. The number of pyridine rings is 1. The molecule has 2 aromatic heterocycles. The molecule has 2 aromatic rings. The molecule has 0 aliphatic carbocycles. The Labute approximate surface area is 112 Å². The van der Waals surface area contributed by atoms with Gasteiger partial charge in [-0.05, 0) is 51.0 Å². The molecule has 0 aromatic carbocycles. The van der Waals surface area contributed by atoms with Gasteiger partial charge in [0.25, 0.3) is 0 Å². The van der Waals surface area contributed by atoms with Crippen molar-refractivity contribution in [2.45, 2.75) is 19.3 Å². The number of aromatic nitrogens is 3. The Bertz CT molecular complexity index is 517. The van der Waals surface area contributed by atoms with Crippen molar-refractivity contribution in [3.63, 3.8) is 0 Å². The molecule has 5 nitrogen and oxygen atoms in total. The summed E-state index contributed by atoms with van der Waals surface area (Å²) in [6.07, 6.45) is 6.80. The summed E-state index contributed by atoms with van der Waals surface area (Å²) in [7, 11) is 2.17. The van der Waals surface area contributed by atoms with E-state index in [4.69, 9.17) is 4.52 Å². The van der Waals surface area contributed by atoms with Crippen molar-refractivity contribution < 1.29 is 4.52 Å². The fourth-order valence-corrected chi connectivity index (χ4v) is 2.47. The summed E-state index contributed by atoms with van der Waals surface area (Å²) in [5.41, 5.74) is 0.952. The van der Waals surface area contributed by atoms with E-state index < -0.39 is 0 Å². The molecule has 3 rings (SSSR count). The molecule has 1 saturated heterocycles. The highest BCUT2D eigenvalue weighted by Gasteiger charge is 2.20. The molecule has 0 amide bonds. The van der Waals surface area contributed by atoms with E-state index in [0.29, 0.717) is 11.7 Å². The van der Waals surface area contributed by atoms with Gasteiger partial charge in [0.2, 0.25) is 11.7 Å². The lowest BCUT2D eigenvalue weighted by Crippen LogP contribution is -2.30. The number of rotatable bonds is 3. The Hall–Kier alpha value is -1.75. The van der Waals surface area contributed by atoms with Gasteiger partial charge >= 0.3 is 0 Å². The van der Waals surface area contributed by atoms with Gasteiger partial charge in [-0.1, -0.05) is 5.16 Å². The number of hydrogen-bond acceptors (Lipinski definition) is 5. The Morgan fingerprint density at radius 1 is 1.26 bits per heavy atom. The van der Waals surface area contributed by atoms with Crippen LogP contribution in [-0.2, 0) is 6.42 Å². The lowest BCUT2D eigenvalue weighted by Gasteiger charge is -2.27. The second-order valence-corrected chi connectivity index (χ2v) is 5.20. The summed E-state index contributed by atoms with van der Waals surface area (Å²) < 4.78 is 5.35. The summed E-state index contributed by atoms with van der Waals surface area (Å²) >= 11 is 0. The first-order valence-electron chi connectivity index (χ1n) is 6.73. The molecule has 100 valence electrons. The van der Waals surface area contributed by atoms with Crippen molar-refractivity contribution in [3.05, 3.63) is 30.4 Å². The predicted molar refractivity (Wildman–Crippen MR) is 71.5 cm³/mol. The predicted octanol–water partition coefficient (Wildman–Crippen LogP) is 2.02. The Morgan fingerprint density at radius 2 is 2.00 bits per heavy atom. The highest BCUT2D eigenvalue weighted by Crippen LogP contribution is 2.21. The standard InChI is InChI=1S/C14H18N4O/c1-18-8-4-11(5-9-18)10-13-16-14(17-19-13)12-2-6-15-7-3-12/h2-3,6-7,11H,4-5,8-10H2,1H3. The highest BCUT2D eigenvalue weighted by molar-refractivity contribution is 5.52. The Balaban J connectivity index is 1.65. The third-order valence-corrected chi connectivity index (χ3v) is 3.71. The molecule has 0 N–H and O–H groups in total. The average molecular weight is 258 g/mol.